The quantitative estimate of drug-likeness (QED) is 0.329. The molecule has 4 aromatic rings. The van der Waals surface area contributed by atoms with E-state index in [2.05, 4.69) is 10.1 Å². The van der Waals surface area contributed by atoms with Crippen LogP contribution < -0.4 is 15.6 Å². The molecule has 0 bridgehead atoms. The van der Waals surface area contributed by atoms with E-state index in [0.29, 0.717) is 23.9 Å². The third-order valence-corrected chi connectivity index (χ3v) is 8.16. The van der Waals surface area contributed by atoms with Crippen molar-refractivity contribution in [1.82, 2.24) is 23.9 Å². The van der Waals surface area contributed by atoms with E-state index >= 15 is 0 Å². The predicted octanol–water partition coefficient (Wildman–Crippen LogP) is 1.86. The van der Waals surface area contributed by atoms with Gasteiger partial charge < -0.3 is 4.55 Å². The molecule has 13 heteroatoms. The second-order valence-electron chi connectivity index (χ2n) is 8.71. The number of nitrogens with zero attached hydrogens (tertiary/aromatic N) is 6. The van der Waals surface area contributed by atoms with Gasteiger partial charge in [-0.15, -0.1) is 11.3 Å². The second-order valence-corrected chi connectivity index (χ2v) is 10.5. The molecule has 1 aromatic carbocycles. The van der Waals surface area contributed by atoms with Crippen molar-refractivity contribution in [3.63, 3.8) is 0 Å². The van der Waals surface area contributed by atoms with E-state index in [0.717, 1.165) is 19.4 Å². The standard InChI is InChI=1S/C22H23FN6O4S2/c1-14-19(34-13-24-14)11-27-18-4-3-16(29(35(32)33)22(12-23)5-6-22)7-17(18)20(30)28(21(27)31)10-15-8-25-26(2)9-15/h3-4,7-9,13H,5-6,10-12H2,1-2H3,(H,32,33)/p-1. The van der Waals surface area contributed by atoms with E-state index in [9.17, 15) is 22.7 Å². The van der Waals surface area contributed by atoms with Crippen LogP contribution in [0.1, 0.15) is 29.0 Å². The van der Waals surface area contributed by atoms with Crippen molar-refractivity contribution in [2.24, 2.45) is 7.05 Å². The summed E-state index contributed by atoms with van der Waals surface area (Å²) >= 11 is -1.33. The van der Waals surface area contributed by atoms with Crippen molar-refractivity contribution >= 4 is 39.2 Å². The molecule has 0 N–H and O–H groups in total. The van der Waals surface area contributed by atoms with Gasteiger partial charge in [-0.05, 0) is 38.0 Å². The first kappa shape index (κ1) is 23.6. The molecular weight excluding hydrogens is 495 g/mol. The highest BCUT2D eigenvalue weighted by atomic mass is 32.2. The normalized spacial score (nSPS) is 15.4. The molecule has 3 aromatic heterocycles. The van der Waals surface area contributed by atoms with Crippen LogP contribution >= 0.6 is 11.3 Å². The van der Waals surface area contributed by atoms with Gasteiger partial charge >= 0.3 is 5.69 Å². The summed E-state index contributed by atoms with van der Waals surface area (Å²) in [5.74, 6) is 0. The molecule has 1 unspecified atom stereocenters. The molecule has 0 spiro atoms. The van der Waals surface area contributed by atoms with Gasteiger partial charge in [0.2, 0.25) is 0 Å². The molecule has 0 saturated heterocycles. The number of aromatic nitrogens is 5. The Bertz CT molecular complexity index is 1570. The van der Waals surface area contributed by atoms with E-state index in [1.165, 1.54) is 28.0 Å². The highest BCUT2D eigenvalue weighted by Crippen LogP contribution is 2.45. The minimum absolute atomic E-state index is 0.00103. The number of hydrogen-bond acceptors (Lipinski definition) is 7. The molecule has 3 heterocycles. The average Bonchev–Trinajstić information content (AvgIpc) is 3.33. The Kier molecular flexibility index (Phi) is 5.93. The van der Waals surface area contributed by atoms with Crippen LogP contribution in [-0.2, 0) is 31.4 Å². The highest BCUT2D eigenvalue weighted by Gasteiger charge is 2.49. The first-order valence-electron chi connectivity index (χ1n) is 10.8. The van der Waals surface area contributed by atoms with Gasteiger partial charge in [0.05, 0.1) is 46.9 Å². The summed E-state index contributed by atoms with van der Waals surface area (Å²) in [6.45, 7) is 1.22. The highest BCUT2D eigenvalue weighted by molar-refractivity contribution is 7.80. The number of halogens is 1. The number of thiazole rings is 1. The molecule has 0 aliphatic heterocycles. The van der Waals surface area contributed by atoms with Crippen molar-refractivity contribution in [1.29, 1.82) is 0 Å². The fourth-order valence-electron chi connectivity index (χ4n) is 4.24. The molecule has 0 radical (unpaired) electrons. The Morgan fingerprint density at radius 2 is 2.03 bits per heavy atom. The molecule has 1 aliphatic rings. The van der Waals surface area contributed by atoms with Crippen LogP contribution in [0.25, 0.3) is 10.9 Å². The maximum absolute atomic E-state index is 13.8. The monoisotopic (exact) mass is 517 g/mol. The molecule has 184 valence electrons. The second kappa shape index (κ2) is 8.81. The van der Waals surface area contributed by atoms with Gasteiger partial charge in [0.15, 0.2) is 0 Å². The molecule has 35 heavy (non-hydrogen) atoms. The van der Waals surface area contributed by atoms with Gasteiger partial charge in [0, 0.05) is 40.6 Å². The average molecular weight is 518 g/mol. The molecule has 5 rings (SSSR count). The number of aryl methyl sites for hydroxylation is 2. The van der Waals surface area contributed by atoms with Gasteiger partial charge in [-0.1, -0.05) is 0 Å². The number of fused-ring (bicyclic) bond motifs is 1. The Morgan fingerprint density at radius 1 is 1.26 bits per heavy atom. The van der Waals surface area contributed by atoms with Gasteiger partial charge in [-0.25, -0.2) is 14.2 Å². The van der Waals surface area contributed by atoms with Crippen molar-refractivity contribution in [3.8, 4) is 0 Å². The van der Waals surface area contributed by atoms with E-state index in [1.807, 2.05) is 6.92 Å². The van der Waals surface area contributed by atoms with Crippen LogP contribution in [0.5, 0.6) is 0 Å². The summed E-state index contributed by atoms with van der Waals surface area (Å²) in [5.41, 5.74) is 1.50. The minimum atomic E-state index is -2.74. The number of benzene rings is 1. The van der Waals surface area contributed by atoms with Crippen LogP contribution in [0.2, 0.25) is 0 Å². The lowest BCUT2D eigenvalue weighted by Crippen LogP contribution is -2.42. The smallest absolute Gasteiger partial charge is 0.332 e. The van der Waals surface area contributed by atoms with Crippen molar-refractivity contribution in [2.75, 3.05) is 11.0 Å². The molecule has 10 nitrogen and oxygen atoms in total. The first-order valence-corrected chi connectivity index (χ1v) is 12.7. The Labute approximate surface area is 205 Å². The summed E-state index contributed by atoms with van der Waals surface area (Å²) in [4.78, 5) is 32.2. The fraction of sp³-hybridized carbons (Fsp3) is 0.364. The van der Waals surface area contributed by atoms with Gasteiger partial charge in [0.1, 0.15) is 6.67 Å². The Balaban J connectivity index is 1.73. The van der Waals surface area contributed by atoms with Crippen LogP contribution in [0.4, 0.5) is 10.1 Å². The van der Waals surface area contributed by atoms with Gasteiger partial charge in [0.25, 0.3) is 5.56 Å². The van der Waals surface area contributed by atoms with Crippen molar-refractivity contribution < 1.29 is 13.2 Å². The van der Waals surface area contributed by atoms with E-state index < -0.39 is 34.7 Å². The van der Waals surface area contributed by atoms with Gasteiger partial charge in [-0.2, -0.15) is 5.10 Å². The maximum Gasteiger partial charge on any atom is 0.332 e. The first-order chi connectivity index (χ1) is 16.7. The summed E-state index contributed by atoms with van der Waals surface area (Å²) in [6, 6.07) is 4.49. The summed E-state index contributed by atoms with van der Waals surface area (Å²) < 4.78 is 43.0. The number of hydrogen-bond donors (Lipinski definition) is 0. The zero-order valence-electron chi connectivity index (χ0n) is 19.0. The SMILES string of the molecule is Cc1ncsc1Cn1c(=O)n(Cc2cnn(C)c2)c(=O)c2cc(N(S(=O)[O-])C3(CF)CC3)ccc21. The van der Waals surface area contributed by atoms with Crippen molar-refractivity contribution in [2.45, 2.75) is 38.4 Å². The summed E-state index contributed by atoms with van der Waals surface area (Å²) in [5, 5.41) is 4.27. The number of anilines is 1. The van der Waals surface area contributed by atoms with Crippen molar-refractivity contribution in [3.05, 3.63) is 73.1 Å². The largest absolute Gasteiger partial charge is 0.755 e. The van der Waals surface area contributed by atoms with Crippen LogP contribution in [0, 0.1) is 6.92 Å². The Morgan fingerprint density at radius 3 is 2.60 bits per heavy atom. The van der Waals surface area contributed by atoms with E-state index in [-0.39, 0.29) is 24.2 Å². The third-order valence-electron chi connectivity index (χ3n) is 6.34. The van der Waals surface area contributed by atoms with Crippen LogP contribution in [0.3, 0.4) is 0 Å². The fourth-order valence-corrected chi connectivity index (χ4v) is 5.84. The number of rotatable bonds is 8. The minimum Gasteiger partial charge on any atom is -0.755 e. The molecular formula is C22H22FN6O4S2-. The molecule has 1 fully saturated rings. The zero-order chi connectivity index (χ0) is 24.9. The molecule has 0 amide bonds. The summed E-state index contributed by atoms with van der Waals surface area (Å²) in [6.07, 6.45) is 4.07. The van der Waals surface area contributed by atoms with E-state index in [4.69, 9.17) is 0 Å². The Hall–Kier alpha value is -3.16. The predicted molar refractivity (Wildman–Crippen MR) is 130 cm³/mol. The molecule has 1 atom stereocenters. The topological polar surface area (TPSA) is 118 Å². The summed E-state index contributed by atoms with van der Waals surface area (Å²) in [7, 11) is 1.74. The third kappa shape index (κ3) is 4.13. The zero-order valence-corrected chi connectivity index (χ0v) is 20.6. The maximum atomic E-state index is 13.8. The lowest BCUT2D eigenvalue weighted by molar-refractivity contribution is 0.411. The van der Waals surface area contributed by atoms with Gasteiger partial charge in [-0.3, -0.25) is 27.1 Å². The van der Waals surface area contributed by atoms with Crippen LogP contribution in [0.15, 0.2) is 45.7 Å². The molecule has 1 aliphatic carbocycles. The van der Waals surface area contributed by atoms with Crippen LogP contribution in [-0.4, -0.2) is 44.9 Å². The lowest BCUT2D eigenvalue weighted by atomic mass is 10.1. The van der Waals surface area contributed by atoms with E-state index in [1.54, 1.807) is 35.7 Å². The number of alkyl halides is 1. The lowest BCUT2D eigenvalue weighted by Gasteiger charge is -2.33. The molecule has 1 saturated carbocycles.